The van der Waals surface area contributed by atoms with Crippen molar-refractivity contribution in [2.45, 2.75) is 25.8 Å². The third-order valence-electron chi connectivity index (χ3n) is 5.60. The number of aromatic nitrogens is 3. The Morgan fingerprint density at radius 3 is 2.55 bits per heavy atom. The largest absolute Gasteiger partial charge is 0.493 e. The van der Waals surface area contributed by atoms with E-state index in [1.165, 1.54) is 38.1 Å². The molecule has 0 unspecified atom stereocenters. The van der Waals surface area contributed by atoms with E-state index >= 15 is 0 Å². The number of nitrogens with zero attached hydrogens (tertiary/aromatic N) is 3. The highest BCUT2D eigenvalue weighted by atomic mass is 16.5. The number of ketones is 2. The quantitative estimate of drug-likeness (QED) is 0.572. The van der Waals surface area contributed by atoms with Crippen LogP contribution in [-0.4, -0.2) is 39.9 Å². The summed E-state index contributed by atoms with van der Waals surface area (Å²) in [7, 11) is 4.43. The smallest absolute Gasteiger partial charge is 0.332 e. The molecule has 0 saturated carbocycles. The van der Waals surface area contributed by atoms with Gasteiger partial charge in [0.25, 0.3) is 5.56 Å². The fraction of sp³-hybridized carbons (Fsp3) is 0.318. The van der Waals surface area contributed by atoms with Gasteiger partial charge in [0.1, 0.15) is 5.65 Å². The van der Waals surface area contributed by atoms with Gasteiger partial charge in [-0.1, -0.05) is 0 Å². The molecule has 0 radical (unpaired) electrons. The zero-order valence-corrected chi connectivity index (χ0v) is 17.4. The zero-order valence-electron chi connectivity index (χ0n) is 17.4. The Labute approximate surface area is 176 Å². The van der Waals surface area contributed by atoms with Gasteiger partial charge in [-0.3, -0.25) is 23.5 Å². The summed E-state index contributed by atoms with van der Waals surface area (Å²) in [6.45, 7) is -0.450. The molecule has 0 atom stereocenters. The Kier molecular flexibility index (Phi) is 5.18. The highest BCUT2D eigenvalue weighted by Gasteiger charge is 2.25. The lowest BCUT2D eigenvalue weighted by atomic mass is 9.90. The SMILES string of the molecule is COc1ccc(C(=O)Cn2c(=O)c3c4c(cnc3n(C)c2=O)C(=O)CCC4)cc1OC. The lowest BCUT2D eigenvalue weighted by Gasteiger charge is -2.18. The summed E-state index contributed by atoms with van der Waals surface area (Å²) in [5, 5.41) is 0.216. The molecule has 4 rings (SSSR count). The Balaban J connectivity index is 1.85. The van der Waals surface area contributed by atoms with Gasteiger partial charge in [0.15, 0.2) is 23.1 Å². The van der Waals surface area contributed by atoms with Gasteiger partial charge in [-0.15, -0.1) is 0 Å². The molecule has 0 bridgehead atoms. The number of fused-ring (bicyclic) bond motifs is 3. The minimum absolute atomic E-state index is 0.0724. The minimum Gasteiger partial charge on any atom is -0.493 e. The number of hydrogen-bond acceptors (Lipinski definition) is 7. The Bertz CT molecular complexity index is 1350. The first-order valence-electron chi connectivity index (χ1n) is 9.77. The molecule has 160 valence electrons. The van der Waals surface area contributed by atoms with E-state index in [1.54, 1.807) is 12.1 Å². The van der Waals surface area contributed by atoms with Crippen LogP contribution in [0.4, 0.5) is 0 Å². The maximum Gasteiger partial charge on any atom is 0.332 e. The number of pyridine rings is 1. The summed E-state index contributed by atoms with van der Waals surface area (Å²) in [5.41, 5.74) is 0.210. The molecule has 0 spiro atoms. The topological polar surface area (TPSA) is 109 Å². The second-order valence-electron chi connectivity index (χ2n) is 7.35. The second kappa shape index (κ2) is 7.82. The molecule has 1 aromatic carbocycles. The van der Waals surface area contributed by atoms with Gasteiger partial charge in [-0.05, 0) is 36.6 Å². The van der Waals surface area contributed by atoms with Crippen LogP contribution in [0.1, 0.15) is 39.1 Å². The molecule has 9 heteroatoms. The van der Waals surface area contributed by atoms with Crippen LogP contribution >= 0.6 is 0 Å². The Morgan fingerprint density at radius 1 is 1.10 bits per heavy atom. The maximum atomic E-state index is 13.3. The van der Waals surface area contributed by atoms with Gasteiger partial charge in [-0.2, -0.15) is 0 Å². The fourth-order valence-corrected chi connectivity index (χ4v) is 3.95. The van der Waals surface area contributed by atoms with E-state index in [4.69, 9.17) is 9.47 Å². The Hall–Kier alpha value is -3.75. The number of hydrogen-bond donors (Lipinski definition) is 0. The third-order valence-corrected chi connectivity index (χ3v) is 5.60. The first-order valence-corrected chi connectivity index (χ1v) is 9.77. The van der Waals surface area contributed by atoms with Gasteiger partial charge in [0.2, 0.25) is 0 Å². The van der Waals surface area contributed by atoms with E-state index in [0.29, 0.717) is 41.9 Å². The summed E-state index contributed by atoms with van der Waals surface area (Å²) in [4.78, 5) is 55.5. The van der Waals surface area contributed by atoms with Crippen molar-refractivity contribution in [1.29, 1.82) is 0 Å². The number of methoxy groups -OCH3 is 2. The summed E-state index contributed by atoms with van der Waals surface area (Å²) in [6, 6.07) is 4.63. The van der Waals surface area contributed by atoms with Crippen molar-refractivity contribution in [1.82, 2.24) is 14.1 Å². The summed E-state index contributed by atoms with van der Waals surface area (Å²) < 4.78 is 12.5. The van der Waals surface area contributed by atoms with Gasteiger partial charge < -0.3 is 9.47 Å². The number of ether oxygens (including phenoxy) is 2. The zero-order chi connectivity index (χ0) is 22.3. The molecule has 0 aliphatic heterocycles. The van der Waals surface area contributed by atoms with Crippen LogP contribution in [0.15, 0.2) is 34.0 Å². The molecule has 0 N–H and O–H groups in total. The molecule has 1 aliphatic carbocycles. The number of carbonyl (C=O) groups excluding carboxylic acids is 2. The molecule has 2 heterocycles. The van der Waals surface area contributed by atoms with Gasteiger partial charge in [0.05, 0.1) is 26.2 Å². The predicted octanol–water partition coefficient (Wildman–Crippen LogP) is 1.51. The second-order valence-corrected chi connectivity index (χ2v) is 7.35. The van der Waals surface area contributed by atoms with Crippen LogP contribution in [0.2, 0.25) is 0 Å². The molecule has 0 fully saturated rings. The minimum atomic E-state index is -0.652. The van der Waals surface area contributed by atoms with E-state index in [0.717, 1.165) is 4.57 Å². The molecule has 1 aliphatic rings. The molecular weight excluding hydrogens is 402 g/mol. The highest BCUT2D eigenvalue weighted by Crippen LogP contribution is 2.28. The number of rotatable bonds is 5. The van der Waals surface area contributed by atoms with E-state index < -0.39 is 23.6 Å². The monoisotopic (exact) mass is 423 g/mol. The number of carbonyl (C=O) groups is 2. The van der Waals surface area contributed by atoms with E-state index in [-0.39, 0.29) is 22.4 Å². The van der Waals surface area contributed by atoms with Crippen molar-refractivity contribution in [2.24, 2.45) is 7.05 Å². The number of benzene rings is 1. The maximum absolute atomic E-state index is 13.3. The van der Waals surface area contributed by atoms with E-state index in [2.05, 4.69) is 4.98 Å². The van der Waals surface area contributed by atoms with Crippen LogP contribution < -0.4 is 20.7 Å². The van der Waals surface area contributed by atoms with Crippen molar-refractivity contribution < 1.29 is 19.1 Å². The van der Waals surface area contributed by atoms with Crippen molar-refractivity contribution in [2.75, 3.05) is 14.2 Å². The number of aryl methyl sites for hydroxylation is 2. The van der Waals surface area contributed by atoms with E-state index in [9.17, 15) is 19.2 Å². The lowest BCUT2D eigenvalue weighted by Crippen LogP contribution is -2.41. The van der Waals surface area contributed by atoms with Gasteiger partial charge in [0, 0.05) is 30.8 Å². The molecule has 31 heavy (non-hydrogen) atoms. The highest BCUT2D eigenvalue weighted by molar-refractivity contribution is 6.02. The molecule has 3 aromatic rings. The molecule has 2 aromatic heterocycles. The van der Waals surface area contributed by atoms with Crippen LogP contribution in [0.25, 0.3) is 11.0 Å². The summed E-state index contributed by atoms with van der Waals surface area (Å²) in [6.07, 6.45) is 2.99. The van der Waals surface area contributed by atoms with Crippen LogP contribution in [0, 0.1) is 0 Å². The standard InChI is InChI=1S/C22H21N3O6/c1-24-20-19(13-5-4-6-15(26)14(13)10-23-20)21(28)25(22(24)29)11-16(27)12-7-8-17(30-2)18(9-12)31-3/h7-10H,4-6,11H2,1-3H3. The molecule has 0 amide bonds. The average molecular weight is 423 g/mol. The molecule has 0 saturated heterocycles. The van der Waals surface area contributed by atoms with Gasteiger partial charge in [-0.25, -0.2) is 9.78 Å². The summed E-state index contributed by atoms with van der Waals surface area (Å²) >= 11 is 0. The molecular formula is C22H21N3O6. The van der Waals surface area contributed by atoms with Crippen molar-refractivity contribution >= 4 is 22.6 Å². The van der Waals surface area contributed by atoms with Crippen LogP contribution in [0.3, 0.4) is 0 Å². The van der Waals surface area contributed by atoms with Crippen LogP contribution in [-0.2, 0) is 20.0 Å². The fourth-order valence-electron chi connectivity index (χ4n) is 3.95. The average Bonchev–Trinajstić information content (AvgIpc) is 2.79. The number of Topliss-reactive ketones (excluding diaryl/α,β-unsaturated/α-hetero) is 2. The third kappa shape index (κ3) is 3.31. The predicted molar refractivity (Wildman–Crippen MR) is 112 cm³/mol. The van der Waals surface area contributed by atoms with Crippen molar-refractivity contribution in [3.63, 3.8) is 0 Å². The summed E-state index contributed by atoms with van der Waals surface area (Å²) in [5.74, 6) is 0.314. The van der Waals surface area contributed by atoms with Gasteiger partial charge >= 0.3 is 5.69 Å². The van der Waals surface area contributed by atoms with Crippen molar-refractivity contribution in [3.05, 3.63) is 61.9 Å². The van der Waals surface area contributed by atoms with E-state index in [1.807, 2.05) is 0 Å². The van der Waals surface area contributed by atoms with Crippen LogP contribution in [0.5, 0.6) is 11.5 Å². The van der Waals surface area contributed by atoms with Crippen molar-refractivity contribution in [3.8, 4) is 11.5 Å². The first-order chi connectivity index (χ1) is 14.9. The normalized spacial score (nSPS) is 13.2. The Morgan fingerprint density at radius 2 is 1.84 bits per heavy atom. The first kappa shape index (κ1) is 20.5. The molecule has 9 nitrogen and oxygen atoms in total. The lowest BCUT2D eigenvalue weighted by molar-refractivity contribution is 0.0961.